The molecule has 0 N–H and O–H groups in total. The molecule has 2 aromatic rings. The van der Waals surface area contributed by atoms with Gasteiger partial charge in [-0.25, -0.2) is 8.42 Å². The zero-order chi connectivity index (χ0) is 16.8. The van der Waals surface area contributed by atoms with Crippen LogP contribution in [0.3, 0.4) is 0 Å². The summed E-state index contributed by atoms with van der Waals surface area (Å²) in [5.41, 5.74) is 2.56. The number of hydrogen-bond acceptors (Lipinski definition) is 3. The second kappa shape index (κ2) is 5.67. The number of hydrogen-bond donors (Lipinski definition) is 0. The minimum absolute atomic E-state index is 0.0329. The van der Waals surface area contributed by atoms with Crippen molar-refractivity contribution in [2.24, 2.45) is 13.0 Å². The number of fused-ring (bicyclic) bond motifs is 1. The quantitative estimate of drug-likeness (QED) is 0.868. The van der Waals surface area contributed by atoms with Crippen LogP contribution in [0.15, 0.2) is 35.4 Å². The monoisotopic (exact) mass is 333 g/mol. The molecule has 124 valence electrons. The molecule has 5 nitrogen and oxygen atoms in total. The molecule has 1 aromatic heterocycles. The van der Waals surface area contributed by atoms with Crippen molar-refractivity contribution in [2.75, 3.05) is 4.31 Å². The number of sulfonamides is 1. The van der Waals surface area contributed by atoms with Crippen LogP contribution < -0.4 is 4.31 Å². The molecule has 0 aliphatic carbocycles. The molecule has 0 radical (unpaired) electrons. The lowest BCUT2D eigenvalue weighted by Crippen LogP contribution is -2.46. The van der Waals surface area contributed by atoms with E-state index in [9.17, 15) is 8.42 Å². The fraction of sp³-hybridized carbons (Fsp3) is 0.471. The van der Waals surface area contributed by atoms with Gasteiger partial charge in [0.15, 0.2) is 0 Å². The van der Waals surface area contributed by atoms with E-state index in [4.69, 9.17) is 0 Å². The van der Waals surface area contributed by atoms with Crippen LogP contribution in [0.25, 0.3) is 0 Å². The first-order chi connectivity index (χ1) is 10.8. The largest absolute Gasteiger partial charge is 0.272 e. The van der Waals surface area contributed by atoms with Gasteiger partial charge in [-0.1, -0.05) is 32.0 Å². The molecular weight excluding hydrogens is 310 g/mol. The molecule has 2 heterocycles. The van der Waals surface area contributed by atoms with Crippen molar-refractivity contribution in [2.45, 2.75) is 44.6 Å². The van der Waals surface area contributed by atoms with Crippen LogP contribution in [0, 0.1) is 12.8 Å². The number of benzene rings is 1. The van der Waals surface area contributed by atoms with Gasteiger partial charge in [-0.3, -0.25) is 8.99 Å². The second-order valence-corrected chi connectivity index (χ2v) is 8.28. The maximum absolute atomic E-state index is 13.4. The number of nitrogens with zero attached hydrogens (tertiary/aromatic N) is 3. The summed E-state index contributed by atoms with van der Waals surface area (Å²) in [6.07, 6.45) is 3.21. The Morgan fingerprint density at radius 1 is 1.26 bits per heavy atom. The zero-order valence-electron chi connectivity index (χ0n) is 14.0. The third-order valence-corrected chi connectivity index (χ3v) is 6.68. The molecule has 0 spiro atoms. The molecule has 0 amide bonds. The van der Waals surface area contributed by atoms with E-state index in [0.717, 1.165) is 24.1 Å². The Kier molecular flexibility index (Phi) is 3.96. The molecular formula is C17H23N3O2S. The van der Waals surface area contributed by atoms with Crippen LogP contribution in [0.1, 0.15) is 31.5 Å². The Labute approximate surface area is 138 Å². The van der Waals surface area contributed by atoms with Gasteiger partial charge in [0.25, 0.3) is 10.0 Å². The maximum atomic E-state index is 13.4. The first-order valence-corrected chi connectivity index (χ1v) is 9.39. The Bertz CT molecular complexity index is 824. The normalized spacial score (nSPS) is 18.3. The summed E-state index contributed by atoms with van der Waals surface area (Å²) in [5.74, 6) is 0.245. The van der Waals surface area contributed by atoms with Gasteiger partial charge >= 0.3 is 0 Å². The van der Waals surface area contributed by atoms with Crippen molar-refractivity contribution in [1.82, 2.24) is 9.78 Å². The number of rotatable bonds is 3. The molecule has 1 atom stereocenters. The van der Waals surface area contributed by atoms with Crippen LogP contribution in [0.4, 0.5) is 5.69 Å². The number of aryl methyl sites for hydroxylation is 2. The van der Waals surface area contributed by atoms with Gasteiger partial charge in [0.1, 0.15) is 4.90 Å². The third kappa shape index (κ3) is 2.55. The molecule has 1 unspecified atom stereocenters. The van der Waals surface area contributed by atoms with E-state index in [1.807, 2.05) is 24.3 Å². The lowest BCUT2D eigenvalue weighted by Gasteiger charge is -2.39. The standard InChI is InChI=1S/C17H23N3O2S/c1-12(2)15-10-9-14-7-5-6-8-16(14)20(15)23(21,22)17-11-18-19(4)13(17)3/h5-8,11-12,15H,9-10H2,1-4H3. The molecule has 1 aliphatic rings. The highest BCUT2D eigenvalue weighted by atomic mass is 32.2. The summed E-state index contributed by atoms with van der Waals surface area (Å²) in [4.78, 5) is 0.294. The first-order valence-electron chi connectivity index (χ1n) is 7.95. The predicted octanol–water partition coefficient (Wildman–Crippen LogP) is 2.89. The van der Waals surface area contributed by atoms with E-state index in [1.54, 1.807) is 23.0 Å². The van der Waals surface area contributed by atoms with Crippen LogP contribution >= 0.6 is 0 Å². The number of para-hydroxylation sites is 1. The lowest BCUT2D eigenvalue weighted by atomic mass is 9.91. The van der Waals surface area contributed by atoms with Crippen molar-refractivity contribution >= 4 is 15.7 Å². The third-order valence-electron chi connectivity index (χ3n) is 4.74. The number of aromatic nitrogens is 2. The average molecular weight is 333 g/mol. The molecule has 0 saturated heterocycles. The fourth-order valence-electron chi connectivity index (χ4n) is 3.29. The van der Waals surface area contributed by atoms with Crippen LogP contribution in [0.2, 0.25) is 0 Å². The van der Waals surface area contributed by atoms with E-state index in [-0.39, 0.29) is 12.0 Å². The summed E-state index contributed by atoms with van der Waals surface area (Å²) in [6.45, 7) is 5.95. The Morgan fingerprint density at radius 2 is 1.96 bits per heavy atom. The molecule has 1 aromatic carbocycles. The van der Waals surface area contributed by atoms with Crippen LogP contribution in [-0.4, -0.2) is 24.2 Å². The van der Waals surface area contributed by atoms with Crippen molar-refractivity contribution in [3.63, 3.8) is 0 Å². The molecule has 3 rings (SSSR count). The Balaban J connectivity index is 2.19. The highest BCUT2D eigenvalue weighted by Crippen LogP contribution is 2.38. The van der Waals surface area contributed by atoms with Crippen LogP contribution in [0.5, 0.6) is 0 Å². The topological polar surface area (TPSA) is 55.2 Å². The van der Waals surface area contributed by atoms with Gasteiger partial charge in [0, 0.05) is 13.1 Å². The predicted molar refractivity (Wildman–Crippen MR) is 91.0 cm³/mol. The average Bonchev–Trinajstić information content (AvgIpc) is 2.86. The summed E-state index contributed by atoms with van der Waals surface area (Å²) in [5, 5.41) is 4.11. The molecule has 1 aliphatic heterocycles. The van der Waals surface area contributed by atoms with E-state index in [2.05, 4.69) is 18.9 Å². The minimum atomic E-state index is -3.63. The summed E-state index contributed by atoms with van der Waals surface area (Å²) < 4.78 is 30.0. The van der Waals surface area contributed by atoms with E-state index in [0.29, 0.717) is 10.6 Å². The number of anilines is 1. The van der Waals surface area contributed by atoms with E-state index >= 15 is 0 Å². The molecule has 0 fully saturated rings. The van der Waals surface area contributed by atoms with Crippen LogP contribution in [-0.2, 0) is 23.5 Å². The van der Waals surface area contributed by atoms with Gasteiger partial charge in [-0.2, -0.15) is 5.10 Å². The summed E-state index contributed by atoms with van der Waals surface area (Å²) in [6, 6.07) is 7.77. The van der Waals surface area contributed by atoms with Crippen molar-refractivity contribution in [3.8, 4) is 0 Å². The maximum Gasteiger partial charge on any atom is 0.267 e. The van der Waals surface area contributed by atoms with Gasteiger partial charge in [0.05, 0.1) is 17.6 Å². The molecule has 0 saturated carbocycles. The van der Waals surface area contributed by atoms with Crippen molar-refractivity contribution < 1.29 is 8.42 Å². The summed E-state index contributed by atoms with van der Waals surface area (Å²) in [7, 11) is -1.87. The summed E-state index contributed by atoms with van der Waals surface area (Å²) >= 11 is 0. The minimum Gasteiger partial charge on any atom is -0.272 e. The molecule has 23 heavy (non-hydrogen) atoms. The second-order valence-electron chi connectivity index (χ2n) is 6.50. The van der Waals surface area contributed by atoms with Gasteiger partial charge in [-0.15, -0.1) is 0 Å². The highest BCUT2D eigenvalue weighted by molar-refractivity contribution is 7.93. The van der Waals surface area contributed by atoms with Gasteiger partial charge < -0.3 is 0 Å². The molecule has 0 bridgehead atoms. The zero-order valence-corrected chi connectivity index (χ0v) is 14.8. The Morgan fingerprint density at radius 3 is 2.57 bits per heavy atom. The smallest absolute Gasteiger partial charge is 0.267 e. The highest BCUT2D eigenvalue weighted by Gasteiger charge is 2.38. The van der Waals surface area contributed by atoms with Gasteiger partial charge in [-0.05, 0) is 37.3 Å². The van der Waals surface area contributed by atoms with E-state index in [1.165, 1.54) is 6.20 Å². The first kappa shape index (κ1) is 16.1. The Hall–Kier alpha value is -1.82. The van der Waals surface area contributed by atoms with Crippen molar-refractivity contribution in [3.05, 3.63) is 41.7 Å². The van der Waals surface area contributed by atoms with E-state index < -0.39 is 10.0 Å². The van der Waals surface area contributed by atoms with Gasteiger partial charge in [0.2, 0.25) is 0 Å². The van der Waals surface area contributed by atoms with Crippen molar-refractivity contribution in [1.29, 1.82) is 0 Å². The fourth-order valence-corrected chi connectivity index (χ4v) is 5.33. The SMILES string of the molecule is Cc1c(S(=O)(=O)N2c3ccccc3CCC2C(C)C)cnn1C. The lowest BCUT2D eigenvalue weighted by molar-refractivity contribution is 0.445. The molecule has 6 heteroatoms.